The fourth-order valence-electron chi connectivity index (χ4n) is 1.52. The summed E-state index contributed by atoms with van der Waals surface area (Å²) in [5.74, 6) is 0.338. The van der Waals surface area contributed by atoms with Crippen LogP contribution < -0.4 is 5.32 Å². The lowest BCUT2D eigenvalue weighted by atomic mass is 10.1. The van der Waals surface area contributed by atoms with E-state index in [0.29, 0.717) is 12.3 Å². The number of aryl methyl sites for hydroxylation is 2. The number of nitrogens with one attached hydrogen (secondary N) is 1. The van der Waals surface area contributed by atoms with Gasteiger partial charge in [0.2, 0.25) is 11.8 Å². The maximum absolute atomic E-state index is 11.6. The Morgan fingerprint density at radius 3 is 2.76 bits per heavy atom. The average molecular weight is 230 g/mol. The Hall–Kier alpha value is -2.10. The molecule has 1 heterocycles. The normalized spacial score (nSPS) is 10.2. The molecule has 0 aliphatic rings. The van der Waals surface area contributed by atoms with Crippen LogP contribution >= 0.6 is 0 Å². The quantitative estimate of drug-likeness (QED) is 0.878. The van der Waals surface area contributed by atoms with E-state index in [1.54, 1.807) is 6.07 Å². The van der Waals surface area contributed by atoms with Gasteiger partial charge in [0.25, 0.3) is 0 Å². The van der Waals surface area contributed by atoms with Gasteiger partial charge >= 0.3 is 0 Å². The SMILES string of the molecule is Cc1cc(NC(=O)CCc2ccccc2)on1. The minimum atomic E-state index is -0.0648. The lowest BCUT2D eigenvalue weighted by Gasteiger charge is -2.01. The van der Waals surface area contributed by atoms with Gasteiger partial charge < -0.3 is 4.52 Å². The molecule has 0 bridgehead atoms. The van der Waals surface area contributed by atoms with Crippen LogP contribution in [-0.4, -0.2) is 11.1 Å². The molecule has 0 radical (unpaired) electrons. The van der Waals surface area contributed by atoms with Gasteiger partial charge in [0, 0.05) is 12.5 Å². The fourth-order valence-corrected chi connectivity index (χ4v) is 1.52. The lowest BCUT2D eigenvalue weighted by Crippen LogP contribution is -2.11. The van der Waals surface area contributed by atoms with Gasteiger partial charge in [-0.15, -0.1) is 0 Å². The van der Waals surface area contributed by atoms with Gasteiger partial charge in [-0.3, -0.25) is 10.1 Å². The van der Waals surface area contributed by atoms with Crippen molar-refractivity contribution in [2.45, 2.75) is 19.8 Å². The van der Waals surface area contributed by atoms with Crippen LogP contribution in [0.4, 0.5) is 5.88 Å². The molecule has 0 aliphatic heterocycles. The number of nitrogens with zero attached hydrogens (tertiary/aromatic N) is 1. The van der Waals surface area contributed by atoms with Crippen molar-refractivity contribution in [3.63, 3.8) is 0 Å². The first kappa shape index (κ1) is 11.4. The lowest BCUT2D eigenvalue weighted by molar-refractivity contribution is -0.116. The molecule has 2 aromatic rings. The van der Waals surface area contributed by atoms with Gasteiger partial charge in [0.05, 0.1) is 5.69 Å². The minimum absolute atomic E-state index is 0.0648. The Labute approximate surface area is 99.6 Å². The zero-order chi connectivity index (χ0) is 12.1. The first-order valence-corrected chi connectivity index (χ1v) is 5.51. The van der Waals surface area contributed by atoms with Gasteiger partial charge in [0.15, 0.2) is 0 Å². The Kier molecular flexibility index (Phi) is 3.55. The summed E-state index contributed by atoms with van der Waals surface area (Å²) in [4.78, 5) is 11.6. The number of hydrogen-bond acceptors (Lipinski definition) is 3. The number of benzene rings is 1. The molecule has 1 amide bonds. The Bertz CT molecular complexity index is 491. The summed E-state index contributed by atoms with van der Waals surface area (Å²) in [7, 11) is 0. The van der Waals surface area contributed by atoms with Crippen LogP contribution in [0.5, 0.6) is 0 Å². The zero-order valence-corrected chi connectivity index (χ0v) is 9.64. The predicted octanol–water partition coefficient (Wildman–Crippen LogP) is 2.55. The van der Waals surface area contributed by atoms with Crippen LogP contribution in [0.25, 0.3) is 0 Å². The van der Waals surface area contributed by atoms with Crippen molar-refractivity contribution in [3.05, 3.63) is 47.7 Å². The minimum Gasteiger partial charge on any atom is -0.338 e. The molecule has 2 rings (SSSR count). The third-order valence-electron chi connectivity index (χ3n) is 2.37. The third kappa shape index (κ3) is 3.45. The first-order chi connectivity index (χ1) is 8.24. The highest BCUT2D eigenvalue weighted by Crippen LogP contribution is 2.09. The largest absolute Gasteiger partial charge is 0.338 e. The molecule has 1 aromatic heterocycles. The molecule has 1 N–H and O–H groups in total. The second-order valence-electron chi connectivity index (χ2n) is 3.87. The average Bonchev–Trinajstić information content (AvgIpc) is 2.73. The number of anilines is 1. The summed E-state index contributed by atoms with van der Waals surface area (Å²) in [6.07, 6.45) is 1.16. The van der Waals surface area contributed by atoms with Crippen LogP contribution in [0.15, 0.2) is 40.9 Å². The third-order valence-corrected chi connectivity index (χ3v) is 2.37. The fraction of sp³-hybridized carbons (Fsp3) is 0.231. The molecule has 0 saturated heterocycles. The van der Waals surface area contributed by atoms with E-state index in [1.807, 2.05) is 37.3 Å². The monoisotopic (exact) mass is 230 g/mol. The summed E-state index contributed by atoms with van der Waals surface area (Å²) in [5.41, 5.74) is 1.90. The topological polar surface area (TPSA) is 55.1 Å². The van der Waals surface area contributed by atoms with Gasteiger partial charge in [-0.2, -0.15) is 0 Å². The van der Waals surface area contributed by atoms with Crippen molar-refractivity contribution in [2.24, 2.45) is 0 Å². The van der Waals surface area contributed by atoms with E-state index in [9.17, 15) is 4.79 Å². The molecule has 1 aromatic carbocycles. The zero-order valence-electron chi connectivity index (χ0n) is 9.64. The molecular weight excluding hydrogens is 216 g/mol. The number of rotatable bonds is 4. The summed E-state index contributed by atoms with van der Waals surface area (Å²) >= 11 is 0. The van der Waals surface area contributed by atoms with Gasteiger partial charge in [-0.1, -0.05) is 35.5 Å². The number of amides is 1. The van der Waals surface area contributed by atoms with E-state index in [0.717, 1.165) is 17.7 Å². The van der Waals surface area contributed by atoms with Crippen molar-refractivity contribution in [2.75, 3.05) is 5.32 Å². The number of aromatic nitrogens is 1. The standard InChI is InChI=1S/C13H14N2O2/c1-10-9-13(17-15-10)14-12(16)8-7-11-5-3-2-4-6-11/h2-6,9H,7-8H2,1H3,(H,14,16). The molecule has 0 spiro atoms. The van der Waals surface area contributed by atoms with Crippen LogP contribution in [0.1, 0.15) is 17.7 Å². The highest BCUT2D eigenvalue weighted by atomic mass is 16.5. The Balaban J connectivity index is 1.82. The molecule has 17 heavy (non-hydrogen) atoms. The maximum Gasteiger partial charge on any atom is 0.231 e. The highest BCUT2D eigenvalue weighted by molar-refractivity contribution is 5.89. The van der Waals surface area contributed by atoms with E-state index in [2.05, 4.69) is 10.5 Å². The summed E-state index contributed by atoms with van der Waals surface area (Å²) in [6, 6.07) is 11.6. The first-order valence-electron chi connectivity index (χ1n) is 5.51. The number of carbonyl (C=O) groups is 1. The summed E-state index contributed by atoms with van der Waals surface area (Å²) in [6.45, 7) is 1.81. The molecule has 4 heteroatoms. The molecule has 0 saturated carbocycles. The van der Waals surface area contributed by atoms with Crippen molar-refractivity contribution in [1.82, 2.24) is 5.16 Å². The Morgan fingerprint density at radius 1 is 1.35 bits per heavy atom. The van der Waals surface area contributed by atoms with Crippen molar-refractivity contribution in [3.8, 4) is 0 Å². The van der Waals surface area contributed by atoms with E-state index in [-0.39, 0.29) is 5.91 Å². The number of carbonyl (C=O) groups excluding carboxylic acids is 1. The van der Waals surface area contributed by atoms with Crippen molar-refractivity contribution < 1.29 is 9.32 Å². The highest BCUT2D eigenvalue weighted by Gasteiger charge is 2.06. The van der Waals surface area contributed by atoms with Gasteiger partial charge in [-0.05, 0) is 18.9 Å². The van der Waals surface area contributed by atoms with Crippen molar-refractivity contribution >= 4 is 11.8 Å². The smallest absolute Gasteiger partial charge is 0.231 e. The van der Waals surface area contributed by atoms with Crippen LogP contribution in [-0.2, 0) is 11.2 Å². The second kappa shape index (κ2) is 5.30. The number of hydrogen-bond donors (Lipinski definition) is 1. The van der Waals surface area contributed by atoms with E-state index in [4.69, 9.17) is 4.52 Å². The molecular formula is C13H14N2O2. The second-order valence-corrected chi connectivity index (χ2v) is 3.87. The molecule has 0 atom stereocenters. The van der Waals surface area contributed by atoms with Crippen LogP contribution in [0, 0.1) is 6.92 Å². The summed E-state index contributed by atoms with van der Waals surface area (Å²) < 4.78 is 4.91. The van der Waals surface area contributed by atoms with Gasteiger partial charge in [0.1, 0.15) is 0 Å². The van der Waals surface area contributed by atoms with Crippen molar-refractivity contribution in [1.29, 1.82) is 0 Å². The maximum atomic E-state index is 11.6. The van der Waals surface area contributed by atoms with E-state index >= 15 is 0 Å². The molecule has 0 aliphatic carbocycles. The molecule has 0 unspecified atom stereocenters. The summed E-state index contributed by atoms with van der Waals surface area (Å²) in [5, 5.41) is 6.36. The molecule has 88 valence electrons. The van der Waals surface area contributed by atoms with Gasteiger partial charge in [-0.25, -0.2) is 0 Å². The van der Waals surface area contributed by atoms with E-state index in [1.165, 1.54) is 0 Å². The Morgan fingerprint density at radius 2 is 2.12 bits per heavy atom. The predicted molar refractivity (Wildman–Crippen MR) is 64.6 cm³/mol. The van der Waals surface area contributed by atoms with E-state index < -0.39 is 0 Å². The van der Waals surface area contributed by atoms with Crippen LogP contribution in [0.3, 0.4) is 0 Å². The molecule has 0 fully saturated rings. The van der Waals surface area contributed by atoms with Crippen LogP contribution in [0.2, 0.25) is 0 Å². The molecule has 4 nitrogen and oxygen atoms in total.